The lowest BCUT2D eigenvalue weighted by molar-refractivity contribution is 0.102. The zero-order chi connectivity index (χ0) is 23.5. The molecule has 0 radical (unpaired) electrons. The zero-order valence-corrected chi connectivity index (χ0v) is 19.4. The highest BCUT2D eigenvalue weighted by Crippen LogP contribution is 2.25. The third kappa shape index (κ3) is 4.73. The average molecular weight is 488 g/mol. The summed E-state index contributed by atoms with van der Waals surface area (Å²) < 4.78 is 3.44. The number of para-hydroxylation sites is 1. The molecule has 0 aliphatic carbocycles. The molecule has 168 valence electrons. The first-order valence-electron chi connectivity index (χ1n) is 10.5. The zero-order valence-electron chi connectivity index (χ0n) is 17.9. The van der Waals surface area contributed by atoms with Gasteiger partial charge in [0.2, 0.25) is 0 Å². The highest BCUT2D eigenvalue weighted by atomic mass is 35.5. The molecule has 0 fully saturated rings. The third-order valence-corrected chi connectivity index (χ3v) is 5.99. The number of nitrogens with one attached hydrogen (secondary N) is 1. The number of carbonyl (C=O) groups is 1. The van der Waals surface area contributed by atoms with Crippen LogP contribution in [0.3, 0.4) is 0 Å². The van der Waals surface area contributed by atoms with E-state index in [1.165, 1.54) is 0 Å². The predicted octanol–water partition coefficient (Wildman–Crippen LogP) is 6.34. The maximum Gasteiger partial charge on any atom is 0.259 e. The molecule has 3 aromatic carbocycles. The molecule has 6 nitrogen and oxygen atoms in total. The Bertz CT molecular complexity index is 1440. The van der Waals surface area contributed by atoms with Gasteiger partial charge in [0.25, 0.3) is 5.91 Å². The molecule has 0 spiro atoms. The number of hydrogen-bond acceptors (Lipinski definition) is 3. The van der Waals surface area contributed by atoms with Gasteiger partial charge in [-0.2, -0.15) is 10.2 Å². The number of aromatic nitrogens is 4. The number of halogens is 2. The minimum Gasteiger partial charge on any atom is -0.319 e. The van der Waals surface area contributed by atoms with Crippen LogP contribution in [0.15, 0.2) is 97.5 Å². The first-order chi connectivity index (χ1) is 16.6. The van der Waals surface area contributed by atoms with Crippen LogP contribution in [0.2, 0.25) is 10.0 Å². The van der Waals surface area contributed by atoms with Gasteiger partial charge in [0.15, 0.2) is 0 Å². The molecule has 0 bridgehead atoms. The second-order valence-electron chi connectivity index (χ2n) is 7.67. The normalized spacial score (nSPS) is 10.9. The smallest absolute Gasteiger partial charge is 0.259 e. The lowest BCUT2D eigenvalue weighted by Crippen LogP contribution is -2.12. The maximum atomic E-state index is 13.3. The van der Waals surface area contributed by atoms with Gasteiger partial charge in [-0.15, -0.1) is 0 Å². The fourth-order valence-corrected chi connectivity index (χ4v) is 3.92. The SMILES string of the molecule is O=C(Nc1cnn(Cc2ccc(Cl)c(Cl)c2)c1)c1cn(-c2ccccc2)nc1-c1ccccc1. The monoisotopic (exact) mass is 487 g/mol. The molecule has 8 heteroatoms. The predicted molar refractivity (Wildman–Crippen MR) is 135 cm³/mol. The largest absolute Gasteiger partial charge is 0.319 e. The molecule has 0 atom stereocenters. The van der Waals surface area contributed by atoms with Gasteiger partial charge in [0.05, 0.1) is 39.7 Å². The molecule has 0 aliphatic heterocycles. The summed E-state index contributed by atoms with van der Waals surface area (Å²) in [5, 5.41) is 13.0. The van der Waals surface area contributed by atoms with E-state index in [2.05, 4.69) is 10.4 Å². The molecule has 1 amide bonds. The summed E-state index contributed by atoms with van der Waals surface area (Å²) >= 11 is 12.1. The molecule has 5 rings (SSSR count). The Hall–Kier alpha value is -3.87. The van der Waals surface area contributed by atoms with Gasteiger partial charge in [0, 0.05) is 18.0 Å². The Morgan fingerprint density at radius 3 is 2.35 bits per heavy atom. The third-order valence-electron chi connectivity index (χ3n) is 5.25. The van der Waals surface area contributed by atoms with E-state index in [1.54, 1.807) is 40.1 Å². The van der Waals surface area contributed by atoms with Gasteiger partial charge in [0.1, 0.15) is 5.69 Å². The van der Waals surface area contributed by atoms with Crippen LogP contribution in [0.5, 0.6) is 0 Å². The Morgan fingerprint density at radius 2 is 1.62 bits per heavy atom. The van der Waals surface area contributed by atoms with E-state index < -0.39 is 0 Å². The van der Waals surface area contributed by atoms with E-state index in [1.807, 2.05) is 66.7 Å². The molecule has 0 saturated heterocycles. The van der Waals surface area contributed by atoms with Crippen molar-refractivity contribution in [2.24, 2.45) is 0 Å². The van der Waals surface area contributed by atoms with Crippen molar-refractivity contribution >= 4 is 34.8 Å². The van der Waals surface area contributed by atoms with Crippen LogP contribution in [-0.4, -0.2) is 25.5 Å². The van der Waals surface area contributed by atoms with Gasteiger partial charge in [-0.25, -0.2) is 4.68 Å². The molecule has 2 aromatic heterocycles. The van der Waals surface area contributed by atoms with E-state index in [-0.39, 0.29) is 5.91 Å². The number of hydrogen-bond donors (Lipinski definition) is 1. The van der Waals surface area contributed by atoms with Crippen molar-refractivity contribution in [1.29, 1.82) is 0 Å². The molecular formula is C26H19Cl2N5O. The number of benzene rings is 3. The number of anilines is 1. The average Bonchev–Trinajstić information content (AvgIpc) is 3.50. The van der Waals surface area contributed by atoms with E-state index in [0.717, 1.165) is 16.8 Å². The summed E-state index contributed by atoms with van der Waals surface area (Å²) in [6, 6.07) is 24.8. The van der Waals surface area contributed by atoms with Crippen molar-refractivity contribution < 1.29 is 4.79 Å². The van der Waals surface area contributed by atoms with Crippen LogP contribution in [0.4, 0.5) is 5.69 Å². The summed E-state index contributed by atoms with van der Waals surface area (Å²) in [7, 11) is 0. The first kappa shape index (κ1) is 21.9. The second-order valence-corrected chi connectivity index (χ2v) is 8.48. The second kappa shape index (κ2) is 9.55. The van der Waals surface area contributed by atoms with E-state index in [9.17, 15) is 4.79 Å². The Kier molecular flexibility index (Phi) is 6.16. The molecule has 0 unspecified atom stereocenters. The molecular weight excluding hydrogens is 469 g/mol. The summed E-state index contributed by atoms with van der Waals surface area (Å²) in [6.07, 6.45) is 5.12. The molecule has 1 N–H and O–H groups in total. The standard InChI is InChI=1S/C26H19Cl2N5O/c27-23-12-11-18(13-24(23)28)15-32-16-20(14-29-32)30-26(34)22-17-33(21-9-5-2-6-10-21)31-25(22)19-7-3-1-4-8-19/h1-14,16-17H,15H2,(H,30,34). The number of carbonyl (C=O) groups excluding carboxylic acids is 1. The van der Waals surface area contributed by atoms with Crippen LogP contribution in [-0.2, 0) is 6.54 Å². The van der Waals surface area contributed by atoms with Crippen molar-refractivity contribution in [3.8, 4) is 16.9 Å². The van der Waals surface area contributed by atoms with Crippen LogP contribution in [0.1, 0.15) is 15.9 Å². The Balaban J connectivity index is 1.40. The van der Waals surface area contributed by atoms with Crippen molar-refractivity contribution in [3.05, 3.63) is 119 Å². The quantitative estimate of drug-likeness (QED) is 0.303. The van der Waals surface area contributed by atoms with Gasteiger partial charge in [-0.3, -0.25) is 9.48 Å². The summed E-state index contributed by atoms with van der Waals surface area (Å²) in [4.78, 5) is 13.3. The van der Waals surface area contributed by atoms with E-state index in [0.29, 0.717) is 33.5 Å². The van der Waals surface area contributed by atoms with Crippen molar-refractivity contribution in [1.82, 2.24) is 19.6 Å². The fourth-order valence-electron chi connectivity index (χ4n) is 3.60. The summed E-state index contributed by atoms with van der Waals surface area (Å²) in [5.74, 6) is -0.268. The van der Waals surface area contributed by atoms with E-state index in [4.69, 9.17) is 28.3 Å². The Labute approximate surface area is 206 Å². The lowest BCUT2D eigenvalue weighted by Gasteiger charge is -2.04. The summed E-state index contributed by atoms with van der Waals surface area (Å²) in [6.45, 7) is 0.494. The van der Waals surface area contributed by atoms with Crippen LogP contribution < -0.4 is 5.32 Å². The van der Waals surface area contributed by atoms with Crippen LogP contribution >= 0.6 is 23.2 Å². The van der Waals surface area contributed by atoms with E-state index >= 15 is 0 Å². The van der Waals surface area contributed by atoms with Gasteiger partial charge in [-0.1, -0.05) is 77.8 Å². The van der Waals surface area contributed by atoms with Crippen LogP contribution in [0, 0.1) is 0 Å². The maximum absolute atomic E-state index is 13.3. The van der Waals surface area contributed by atoms with Crippen molar-refractivity contribution in [3.63, 3.8) is 0 Å². The fraction of sp³-hybridized carbons (Fsp3) is 0.0385. The summed E-state index contributed by atoms with van der Waals surface area (Å²) in [5.41, 5.74) is 4.32. The highest BCUT2D eigenvalue weighted by molar-refractivity contribution is 6.42. The first-order valence-corrected chi connectivity index (χ1v) is 11.3. The number of amides is 1. The Morgan fingerprint density at radius 1 is 0.882 bits per heavy atom. The molecule has 5 aromatic rings. The highest BCUT2D eigenvalue weighted by Gasteiger charge is 2.19. The minimum atomic E-state index is -0.268. The molecule has 0 saturated carbocycles. The minimum absolute atomic E-state index is 0.268. The topological polar surface area (TPSA) is 64.7 Å². The van der Waals surface area contributed by atoms with Gasteiger partial charge in [-0.05, 0) is 29.8 Å². The molecule has 0 aliphatic rings. The molecule has 34 heavy (non-hydrogen) atoms. The lowest BCUT2D eigenvalue weighted by atomic mass is 10.1. The van der Waals surface area contributed by atoms with Crippen molar-refractivity contribution in [2.75, 3.05) is 5.32 Å². The van der Waals surface area contributed by atoms with Crippen molar-refractivity contribution in [2.45, 2.75) is 6.54 Å². The number of nitrogens with zero attached hydrogens (tertiary/aromatic N) is 4. The van der Waals surface area contributed by atoms with Gasteiger partial charge < -0.3 is 5.32 Å². The van der Waals surface area contributed by atoms with Gasteiger partial charge >= 0.3 is 0 Å². The number of rotatable bonds is 6. The van der Waals surface area contributed by atoms with Crippen LogP contribution in [0.25, 0.3) is 16.9 Å². The molecule has 2 heterocycles.